The minimum atomic E-state index is -0.133. The van der Waals surface area contributed by atoms with Gasteiger partial charge in [-0.3, -0.25) is 4.79 Å². The van der Waals surface area contributed by atoms with Crippen LogP contribution in [-0.2, 0) is 0 Å². The summed E-state index contributed by atoms with van der Waals surface area (Å²) in [7, 11) is 0. The molecule has 2 aromatic heterocycles. The number of carbonyl (C=O) groups excluding carboxylic acids is 1. The number of nitrogens with zero attached hydrogens (tertiary/aromatic N) is 3. The second-order valence-corrected chi connectivity index (χ2v) is 7.42. The van der Waals surface area contributed by atoms with Crippen molar-refractivity contribution >= 4 is 28.7 Å². The summed E-state index contributed by atoms with van der Waals surface area (Å²) in [6.45, 7) is 3.90. The van der Waals surface area contributed by atoms with Gasteiger partial charge >= 0.3 is 0 Å². The third-order valence-corrected chi connectivity index (χ3v) is 5.25. The Morgan fingerprint density at radius 2 is 2.04 bits per heavy atom. The Kier molecular flexibility index (Phi) is 4.67. The summed E-state index contributed by atoms with van der Waals surface area (Å²) in [4.78, 5) is 24.0. The summed E-state index contributed by atoms with van der Waals surface area (Å²) in [5, 5.41) is 6.07. The van der Waals surface area contributed by atoms with Gasteiger partial charge in [0.05, 0.1) is 16.3 Å². The van der Waals surface area contributed by atoms with Gasteiger partial charge in [-0.2, -0.15) is 0 Å². The van der Waals surface area contributed by atoms with E-state index in [-0.39, 0.29) is 5.91 Å². The van der Waals surface area contributed by atoms with Gasteiger partial charge in [0.1, 0.15) is 5.82 Å². The van der Waals surface area contributed by atoms with Crippen LogP contribution in [0.4, 0.5) is 11.5 Å². The van der Waals surface area contributed by atoms with Crippen molar-refractivity contribution in [2.75, 3.05) is 23.3 Å². The molecule has 0 spiro atoms. The van der Waals surface area contributed by atoms with Crippen LogP contribution in [0.5, 0.6) is 0 Å². The molecule has 132 valence electrons. The van der Waals surface area contributed by atoms with Crippen LogP contribution in [-0.4, -0.2) is 29.0 Å². The molecule has 3 heterocycles. The number of anilines is 2. The molecule has 6 heteroatoms. The first kappa shape index (κ1) is 16.7. The Balaban J connectivity index is 1.57. The second-order valence-electron chi connectivity index (χ2n) is 6.36. The lowest BCUT2D eigenvalue weighted by molar-refractivity contribution is 0.102. The Hall–Kier alpha value is -2.73. The minimum Gasteiger partial charge on any atom is -0.356 e. The number of aromatic nitrogens is 2. The van der Waals surface area contributed by atoms with Crippen molar-refractivity contribution in [1.82, 2.24) is 9.97 Å². The van der Waals surface area contributed by atoms with Crippen LogP contribution in [0.25, 0.3) is 11.3 Å². The molecule has 0 radical (unpaired) electrons. The number of nitrogens with one attached hydrogen (secondary N) is 1. The Bertz CT molecular complexity index is 931. The van der Waals surface area contributed by atoms with E-state index in [9.17, 15) is 4.79 Å². The third kappa shape index (κ3) is 3.46. The molecule has 4 rings (SSSR count). The molecule has 1 amide bonds. The van der Waals surface area contributed by atoms with Crippen LogP contribution in [0.15, 0.2) is 48.0 Å². The van der Waals surface area contributed by atoms with E-state index in [0.29, 0.717) is 5.56 Å². The summed E-state index contributed by atoms with van der Waals surface area (Å²) in [6, 6.07) is 11.4. The standard InChI is InChI=1S/C20H20N4OS/c1-14-22-18(13-26-14)15-6-4-7-16(12-15)23-20(25)17-8-5-9-21-19(17)24-10-2-3-11-24/h4-9,12-13H,2-3,10-11H2,1H3,(H,23,25). The van der Waals surface area contributed by atoms with Gasteiger partial charge in [0, 0.05) is 35.9 Å². The molecular formula is C20H20N4OS. The van der Waals surface area contributed by atoms with Crippen molar-refractivity contribution in [3.63, 3.8) is 0 Å². The van der Waals surface area contributed by atoms with Crippen LogP contribution in [0, 0.1) is 6.92 Å². The first-order chi connectivity index (χ1) is 12.7. The quantitative estimate of drug-likeness (QED) is 0.747. The Morgan fingerprint density at radius 1 is 1.19 bits per heavy atom. The predicted octanol–water partition coefficient (Wildman–Crippen LogP) is 4.37. The monoisotopic (exact) mass is 364 g/mol. The molecule has 3 aromatic rings. The predicted molar refractivity (Wildman–Crippen MR) is 106 cm³/mol. The number of benzene rings is 1. The van der Waals surface area contributed by atoms with Gasteiger partial charge in [-0.1, -0.05) is 12.1 Å². The van der Waals surface area contributed by atoms with E-state index in [1.165, 1.54) is 0 Å². The minimum absolute atomic E-state index is 0.133. The molecular weight excluding hydrogens is 344 g/mol. The summed E-state index contributed by atoms with van der Waals surface area (Å²) in [5.74, 6) is 0.639. The maximum Gasteiger partial charge on any atom is 0.259 e. The summed E-state index contributed by atoms with van der Waals surface area (Å²) < 4.78 is 0. The summed E-state index contributed by atoms with van der Waals surface area (Å²) in [6.07, 6.45) is 4.04. The second kappa shape index (κ2) is 7.25. The highest BCUT2D eigenvalue weighted by Gasteiger charge is 2.20. The van der Waals surface area contributed by atoms with Gasteiger partial charge in [0.25, 0.3) is 5.91 Å². The number of amides is 1. The van der Waals surface area contributed by atoms with Crippen molar-refractivity contribution in [1.29, 1.82) is 0 Å². The molecule has 0 atom stereocenters. The van der Waals surface area contributed by atoms with Crippen molar-refractivity contribution in [3.8, 4) is 11.3 Å². The molecule has 1 N–H and O–H groups in total. The van der Waals surface area contributed by atoms with Crippen LogP contribution in [0.1, 0.15) is 28.2 Å². The molecule has 1 aliphatic rings. The van der Waals surface area contributed by atoms with Crippen molar-refractivity contribution in [2.45, 2.75) is 19.8 Å². The summed E-state index contributed by atoms with van der Waals surface area (Å²) >= 11 is 1.62. The first-order valence-electron chi connectivity index (χ1n) is 8.74. The molecule has 1 aromatic carbocycles. The lowest BCUT2D eigenvalue weighted by atomic mass is 10.1. The maximum absolute atomic E-state index is 12.9. The van der Waals surface area contributed by atoms with E-state index in [0.717, 1.165) is 53.7 Å². The van der Waals surface area contributed by atoms with Crippen molar-refractivity contribution in [2.24, 2.45) is 0 Å². The van der Waals surface area contributed by atoms with Gasteiger partial charge in [0.15, 0.2) is 0 Å². The fourth-order valence-corrected chi connectivity index (χ4v) is 3.83. The topological polar surface area (TPSA) is 58.1 Å². The number of hydrogen-bond donors (Lipinski definition) is 1. The molecule has 1 fully saturated rings. The highest BCUT2D eigenvalue weighted by Crippen LogP contribution is 2.26. The SMILES string of the molecule is Cc1nc(-c2cccc(NC(=O)c3cccnc3N3CCCC3)c2)cs1. The fraction of sp³-hybridized carbons (Fsp3) is 0.250. The Morgan fingerprint density at radius 3 is 2.81 bits per heavy atom. The Labute approximate surface area is 156 Å². The van der Waals surface area contributed by atoms with Gasteiger partial charge < -0.3 is 10.2 Å². The molecule has 0 saturated carbocycles. The highest BCUT2D eigenvalue weighted by atomic mass is 32.1. The fourth-order valence-electron chi connectivity index (χ4n) is 3.21. The molecule has 0 aliphatic carbocycles. The van der Waals surface area contributed by atoms with E-state index >= 15 is 0 Å². The molecule has 0 unspecified atom stereocenters. The zero-order valence-electron chi connectivity index (χ0n) is 14.6. The lowest BCUT2D eigenvalue weighted by Crippen LogP contribution is -2.24. The normalized spacial score (nSPS) is 13.8. The van der Waals surface area contributed by atoms with Gasteiger partial charge in [0.2, 0.25) is 0 Å². The number of rotatable bonds is 4. The number of pyridine rings is 1. The number of aryl methyl sites for hydroxylation is 1. The van der Waals surface area contributed by atoms with Crippen molar-refractivity contribution < 1.29 is 4.79 Å². The number of carbonyl (C=O) groups is 1. The lowest BCUT2D eigenvalue weighted by Gasteiger charge is -2.19. The van der Waals surface area contributed by atoms with E-state index in [1.54, 1.807) is 17.5 Å². The van der Waals surface area contributed by atoms with Crippen LogP contribution in [0.3, 0.4) is 0 Å². The summed E-state index contributed by atoms with van der Waals surface area (Å²) in [5.41, 5.74) is 3.31. The van der Waals surface area contributed by atoms with E-state index in [2.05, 4.69) is 20.2 Å². The van der Waals surface area contributed by atoms with E-state index in [1.807, 2.05) is 48.7 Å². The van der Waals surface area contributed by atoms with Gasteiger partial charge in [-0.05, 0) is 44.0 Å². The first-order valence-corrected chi connectivity index (χ1v) is 9.62. The van der Waals surface area contributed by atoms with Gasteiger partial charge in [-0.25, -0.2) is 9.97 Å². The molecule has 0 bridgehead atoms. The van der Waals surface area contributed by atoms with E-state index < -0.39 is 0 Å². The van der Waals surface area contributed by atoms with Crippen molar-refractivity contribution in [3.05, 3.63) is 58.5 Å². The molecule has 1 aliphatic heterocycles. The highest BCUT2D eigenvalue weighted by molar-refractivity contribution is 7.09. The number of hydrogen-bond acceptors (Lipinski definition) is 5. The zero-order valence-corrected chi connectivity index (χ0v) is 15.4. The largest absolute Gasteiger partial charge is 0.356 e. The van der Waals surface area contributed by atoms with E-state index in [4.69, 9.17) is 0 Å². The van der Waals surface area contributed by atoms with Crippen LogP contribution >= 0.6 is 11.3 Å². The van der Waals surface area contributed by atoms with Crippen LogP contribution in [0.2, 0.25) is 0 Å². The number of thiazole rings is 1. The molecule has 1 saturated heterocycles. The maximum atomic E-state index is 12.9. The van der Waals surface area contributed by atoms with Gasteiger partial charge in [-0.15, -0.1) is 11.3 Å². The molecule has 26 heavy (non-hydrogen) atoms. The average molecular weight is 364 g/mol. The zero-order chi connectivity index (χ0) is 17.9. The average Bonchev–Trinajstić information content (AvgIpc) is 3.34. The molecule has 5 nitrogen and oxygen atoms in total. The van der Waals surface area contributed by atoms with Crippen LogP contribution < -0.4 is 10.2 Å². The third-order valence-electron chi connectivity index (χ3n) is 4.47. The smallest absolute Gasteiger partial charge is 0.259 e.